The number of nitrogens with one attached hydrogen (secondary N) is 2. The summed E-state index contributed by atoms with van der Waals surface area (Å²) in [6.07, 6.45) is 3.20. The minimum atomic E-state index is -0.0513. The Hall–Kier alpha value is -1.85. The fourth-order valence-corrected chi connectivity index (χ4v) is 3.12. The smallest absolute Gasteiger partial charge is 0.237 e. The van der Waals surface area contributed by atoms with Gasteiger partial charge in [0.1, 0.15) is 0 Å². The standard InChI is InChI=1S/C18H24N4O.ClH/c1-13-11-14(2)22(21-13)17-9-4-3-7-15(17)12-20-18(23)16-8-5-6-10-19-16;/h3-4,7,9,11,16,19H,5-6,8,10,12H2,1-2H3,(H,20,23);1H. The number of aryl methyl sites for hydroxylation is 2. The molecule has 1 aliphatic rings. The fourth-order valence-electron chi connectivity index (χ4n) is 3.12. The van der Waals surface area contributed by atoms with Gasteiger partial charge in [-0.3, -0.25) is 4.79 Å². The zero-order valence-corrected chi connectivity index (χ0v) is 15.0. The molecule has 0 bridgehead atoms. The number of para-hydroxylation sites is 1. The normalized spacial score (nSPS) is 17.2. The first-order valence-electron chi connectivity index (χ1n) is 8.28. The molecule has 0 radical (unpaired) electrons. The highest BCUT2D eigenvalue weighted by atomic mass is 35.5. The zero-order valence-electron chi connectivity index (χ0n) is 14.2. The summed E-state index contributed by atoms with van der Waals surface area (Å²) < 4.78 is 1.94. The maximum absolute atomic E-state index is 12.3. The second-order valence-corrected chi connectivity index (χ2v) is 6.19. The molecule has 2 N–H and O–H groups in total. The largest absolute Gasteiger partial charge is 0.351 e. The van der Waals surface area contributed by atoms with Crippen molar-refractivity contribution >= 4 is 18.3 Å². The minimum Gasteiger partial charge on any atom is -0.351 e. The highest BCUT2D eigenvalue weighted by Crippen LogP contribution is 2.17. The van der Waals surface area contributed by atoms with Crippen LogP contribution in [0.4, 0.5) is 0 Å². The first-order valence-corrected chi connectivity index (χ1v) is 8.28. The molecule has 1 aliphatic heterocycles. The molecule has 1 atom stereocenters. The molecule has 0 spiro atoms. The zero-order chi connectivity index (χ0) is 16.2. The highest BCUT2D eigenvalue weighted by Gasteiger charge is 2.20. The molecule has 0 aliphatic carbocycles. The lowest BCUT2D eigenvalue weighted by Crippen LogP contribution is -2.46. The lowest BCUT2D eigenvalue weighted by Gasteiger charge is -2.22. The summed E-state index contributed by atoms with van der Waals surface area (Å²) >= 11 is 0. The molecular formula is C18H25ClN4O. The van der Waals surface area contributed by atoms with Crippen molar-refractivity contribution in [2.24, 2.45) is 0 Å². The highest BCUT2D eigenvalue weighted by molar-refractivity contribution is 5.85. The van der Waals surface area contributed by atoms with Crippen molar-refractivity contribution in [2.75, 3.05) is 6.54 Å². The Morgan fingerprint density at radius 2 is 2.12 bits per heavy atom. The molecule has 1 amide bonds. The molecule has 1 unspecified atom stereocenters. The van der Waals surface area contributed by atoms with E-state index in [-0.39, 0.29) is 24.4 Å². The summed E-state index contributed by atoms with van der Waals surface area (Å²) in [6.45, 7) is 5.48. The van der Waals surface area contributed by atoms with Crippen molar-refractivity contribution < 1.29 is 4.79 Å². The average Bonchev–Trinajstić information content (AvgIpc) is 2.92. The van der Waals surface area contributed by atoms with Crippen LogP contribution in [0.15, 0.2) is 30.3 Å². The molecule has 0 saturated carbocycles. The third kappa shape index (κ3) is 4.16. The summed E-state index contributed by atoms with van der Waals surface area (Å²) in [5.74, 6) is 0.0906. The van der Waals surface area contributed by atoms with E-state index in [9.17, 15) is 4.79 Å². The third-order valence-electron chi connectivity index (χ3n) is 4.31. The van der Waals surface area contributed by atoms with Gasteiger partial charge in [-0.25, -0.2) is 4.68 Å². The molecule has 1 fully saturated rings. The Kier molecular flexibility index (Phi) is 6.40. The number of rotatable bonds is 4. The number of hydrogen-bond donors (Lipinski definition) is 2. The van der Waals surface area contributed by atoms with E-state index in [0.29, 0.717) is 6.54 Å². The van der Waals surface area contributed by atoms with Crippen LogP contribution in [0.5, 0.6) is 0 Å². The lowest BCUT2D eigenvalue weighted by molar-refractivity contribution is -0.123. The van der Waals surface area contributed by atoms with Gasteiger partial charge in [0.05, 0.1) is 17.4 Å². The van der Waals surface area contributed by atoms with Crippen LogP contribution >= 0.6 is 12.4 Å². The molecule has 3 rings (SSSR count). The topological polar surface area (TPSA) is 59.0 Å². The Morgan fingerprint density at radius 1 is 1.33 bits per heavy atom. The van der Waals surface area contributed by atoms with Crippen LogP contribution in [0, 0.1) is 13.8 Å². The van der Waals surface area contributed by atoms with E-state index in [0.717, 1.165) is 48.4 Å². The van der Waals surface area contributed by atoms with Gasteiger partial charge in [0.15, 0.2) is 0 Å². The van der Waals surface area contributed by atoms with Crippen molar-refractivity contribution in [1.82, 2.24) is 20.4 Å². The number of carbonyl (C=O) groups excluding carboxylic acids is 1. The van der Waals surface area contributed by atoms with E-state index < -0.39 is 0 Å². The summed E-state index contributed by atoms with van der Waals surface area (Å²) in [4.78, 5) is 12.3. The van der Waals surface area contributed by atoms with E-state index in [4.69, 9.17) is 0 Å². The number of hydrogen-bond acceptors (Lipinski definition) is 3. The minimum absolute atomic E-state index is 0. The SMILES string of the molecule is Cc1cc(C)n(-c2ccccc2CNC(=O)C2CCCCN2)n1.Cl. The predicted molar refractivity (Wildman–Crippen MR) is 97.8 cm³/mol. The van der Waals surface area contributed by atoms with Gasteiger partial charge in [0.25, 0.3) is 0 Å². The number of piperidine rings is 1. The number of amides is 1. The van der Waals surface area contributed by atoms with Gasteiger partial charge in [0.2, 0.25) is 5.91 Å². The number of aromatic nitrogens is 2. The van der Waals surface area contributed by atoms with Crippen LogP contribution in [-0.4, -0.2) is 28.3 Å². The van der Waals surface area contributed by atoms with Crippen molar-refractivity contribution in [1.29, 1.82) is 0 Å². The van der Waals surface area contributed by atoms with Crippen molar-refractivity contribution in [3.63, 3.8) is 0 Å². The van der Waals surface area contributed by atoms with E-state index in [1.165, 1.54) is 0 Å². The van der Waals surface area contributed by atoms with Gasteiger partial charge in [-0.05, 0) is 50.9 Å². The summed E-state index contributed by atoms with van der Waals surface area (Å²) in [7, 11) is 0. The molecule has 1 aromatic heterocycles. The third-order valence-corrected chi connectivity index (χ3v) is 4.31. The average molecular weight is 349 g/mol. The molecule has 6 heteroatoms. The van der Waals surface area contributed by atoms with Crippen LogP contribution < -0.4 is 10.6 Å². The van der Waals surface area contributed by atoms with Crippen LogP contribution in [0.2, 0.25) is 0 Å². The fraction of sp³-hybridized carbons (Fsp3) is 0.444. The summed E-state index contributed by atoms with van der Waals surface area (Å²) in [5, 5.41) is 10.9. The number of nitrogens with zero attached hydrogens (tertiary/aromatic N) is 2. The first kappa shape index (κ1) is 18.5. The maximum Gasteiger partial charge on any atom is 0.237 e. The predicted octanol–water partition coefficient (Wildman–Crippen LogP) is 2.67. The van der Waals surface area contributed by atoms with Crippen molar-refractivity contribution in [2.45, 2.75) is 45.7 Å². The van der Waals surface area contributed by atoms with Gasteiger partial charge in [-0.15, -0.1) is 12.4 Å². The second-order valence-electron chi connectivity index (χ2n) is 6.19. The van der Waals surface area contributed by atoms with Crippen LogP contribution in [0.25, 0.3) is 5.69 Å². The maximum atomic E-state index is 12.3. The molecular weight excluding hydrogens is 324 g/mol. The van der Waals surface area contributed by atoms with Gasteiger partial charge in [-0.2, -0.15) is 5.10 Å². The Bertz CT molecular complexity index is 692. The molecule has 2 aromatic rings. The number of carbonyl (C=O) groups is 1. The molecule has 130 valence electrons. The second kappa shape index (κ2) is 8.31. The van der Waals surface area contributed by atoms with Gasteiger partial charge in [0, 0.05) is 12.2 Å². The molecule has 1 saturated heterocycles. The molecule has 2 heterocycles. The van der Waals surface area contributed by atoms with Crippen molar-refractivity contribution in [3.05, 3.63) is 47.3 Å². The van der Waals surface area contributed by atoms with E-state index in [1.807, 2.05) is 42.8 Å². The van der Waals surface area contributed by atoms with E-state index in [1.54, 1.807) is 0 Å². The van der Waals surface area contributed by atoms with Gasteiger partial charge in [-0.1, -0.05) is 24.6 Å². The number of benzene rings is 1. The van der Waals surface area contributed by atoms with Crippen molar-refractivity contribution in [3.8, 4) is 5.69 Å². The summed E-state index contributed by atoms with van der Waals surface area (Å²) in [6, 6.07) is 10.1. The summed E-state index contributed by atoms with van der Waals surface area (Å²) in [5.41, 5.74) is 4.18. The van der Waals surface area contributed by atoms with Crippen LogP contribution in [-0.2, 0) is 11.3 Å². The Morgan fingerprint density at radius 3 is 2.79 bits per heavy atom. The van der Waals surface area contributed by atoms with E-state index >= 15 is 0 Å². The first-order chi connectivity index (χ1) is 11.1. The number of halogens is 1. The molecule has 24 heavy (non-hydrogen) atoms. The molecule has 5 nitrogen and oxygen atoms in total. The Balaban J connectivity index is 0.00000208. The van der Waals surface area contributed by atoms with Crippen LogP contribution in [0.3, 0.4) is 0 Å². The monoisotopic (exact) mass is 348 g/mol. The lowest BCUT2D eigenvalue weighted by atomic mass is 10.0. The van der Waals surface area contributed by atoms with Crippen LogP contribution in [0.1, 0.15) is 36.2 Å². The van der Waals surface area contributed by atoms with Gasteiger partial charge < -0.3 is 10.6 Å². The van der Waals surface area contributed by atoms with Gasteiger partial charge >= 0.3 is 0 Å². The quantitative estimate of drug-likeness (QED) is 0.893. The molecule has 1 aromatic carbocycles. The Labute approximate surface area is 149 Å². The van der Waals surface area contributed by atoms with E-state index in [2.05, 4.69) is 21.8 Å².